The van der Waals surface area contributed by atoms with E-state index in [1.54, 1.807) is 0 Å². The monoisotopic (exact) mass is 508 g/mol. The maximum absolute atomic E-state index is 2.28. The van der Waals surface area contributed by atoms with E-state index in [0.29, 0.717) is 0 Å². The van der Waals surface area contributed by atoms with Gasteiger partial charge in [0.2, 0.25) is 0 Å². The molecule has 0 fully saturated rings. The van der Waals surface area contributed by atoms with E-state index in [9.17, 15) is 0 Å². The molecule has 0 bridgehead atoms. The second-order valence-electron chi connectivity index (χ2n) is 6.62. The molecule has 4 heteroatoms. The van der Waals surface area contributed by atoms with Gasteiger partial charge in [0.25, 0.3) is 0 Å². The molecule has 164 valence electrons. The van der Waals surface area contributed by atoms with E-state index >= 15 is 0 Å². The van der Waals surface area contributed by atoms with Crippen LogP contribution in [0.15, 0.2) is 121 Å². The summed E-state index contributed by atoms with van der Waals surface area (Å²) in [4.78, 5) is 0. The van der Waals surface area contributed by atoms with Crippen LogP contribution in [0.25, 0.3) is 0 Å². The molecule has 4 aromatic carbocycles. The molecule has 4 rings (SSSR count). The summed E-state index contributed by atoms with van der Waals surface area (Å²) in [6.07, 6.45) is 1.25. The predicted molar refractivity (Wildman–Crippen MR) is 141 cm³/mol. The molecule has 0 saturated carbocycles. The standard InChI is InChI=1S/2C12H10P.C3H8.ClH.Ni/c2*1-3-7-11(8-4-1)13-12-9-5-2-6-10-12;1-3-2;;/h2*1-10H;3H2,1-2H3;1H;/q2*-1;;;+2. The fraction of sp³-hybridized carbons (Fsp3) is 0.111. The number of benzene rings is 4. The van der Waals surface area contributed by atoms with Gasteiger partial charge in [0.05, 0.1) is 0 Å². The molecule has 0 aliphatic heterocycles. The van der Waals surface area contributed by atoms with Gasteiger partial charge in [-0.2, -0.15) is 0 Å². The van der Waals surface area contributed by atoms with Crippen LogP contribution < -0.4 is 21.2 Å². The normalized spacial score (nSPS) is 10.3. The van der Waals surface area contributed by atoms with Gasteiger partial charge in [0.1, 0.15) is 0 Å². The molecule has 31 heavy (non-hydrogen) atoms. The SMILES string of the molecule is CCC.Cl.c1ccc([P]([Ni][P](c2ccccc2)c2ccccc2)c2ccccc2)cc1. The minimum absolute atomic E-state index is 0. The van der Waals surface area contributed by atoms with Crippen LogP contribution in [-0.4, -0.2) is 0 Å². The average Bonchev–Trinajstić information content (AvgIpc) is 2.83. The Hall–Kier alpha value is -1.48. The zero-order valence-corrected chi connectivity index (χ0v) is 21.5. The van der Waals surface area contributed by atoms with Crippen LogP contribution in [0.4, 0.5) is 0 Å². The third-order valence-electron chi connectivity index (χ3n) is 3.99. The summed E-state index contributed by atoms with van der Waals surface area (Å²) in [5.74, 6) is 0. The summed E-state index contributed by atoms with van der Waals surface area (Å²) < 4.78 is 0. The van der Waals surface area contributed by atoms with Crippen LogP contribution in [0.1, 0.15) is 20.3 Å². The van der Waals surface area contributed by atoms with Crippen molar-refractivity contribution in [3.05, 3.63) is 121 Å². The van der Waals surface area contributed by atoms with Crippen molar-refractivity contribution in [2.24, 2.45) is 0 Å². The molecule has 0 saturated heterocycles. The third-order valence-corrected chi connectivity index (χ3v) is 14.5. The first-order chi connectivity index (χ1) is 14.8. The van der Waals surface area contributed by atoms with Crippen molar-refractivity contribution in [2.75, 3.05) is 0 Å². The Morgan fingerprint density at radius 3 is 0.839 bits per heavy atom. The summed E-state index contributed by atoms with van der Waals surface area (Å²) in [7, 11) is 0. The summed E-state index contributed by atoms with van der Waals surface area (Å²) in [5.41, 5.74) is 0. The zero-order valence-electron chi connectivity index (χ0n) is 17.9. The molecule has 0 aliphatic carbocycles. The maximum atomic E-state index is 2.28. The summed E-state index contributed by atoms with van der Waals surface area (Å²) in [6, 6.07) is 43.9. The Labute approximate surface area is 201 Å². The van der Waals surface area contributed by atoms with Gasteiger partial charge in [-0.05, 0) is 0 Å². The van der Waals surface area contributed by atoms with Gasteiger partial charge >= 0.3 is 170 Å². The van der Waals surface area contributed by atoms with E-state index < -0.39 is 13.4 Å². The molecular formula is C27H29ClNiP2. The molecule has 0 amide bonds. The van der Waals surface area contributed by atoms with Crippen molar-refractivity contribution >= 4 is 47.0 Å². The average molecular weight is 510 g/mol. The number of hydrogen-bond donors (Lipinski definition) is 0. The molecule has 0 spiro atoms. The van der Waals surface area contributed by atoms with Crippen LogP contribution in [-0.2, 0) is 13.6 Å². The van der Waals surface area contributed by atoms with Gasteiger partial charge in [-0.15, -0.1) is 12.4 Å². The van der Waals surface area contributed by atoms with Gasteiger partial charge in [-0.25, -0.2) is 0 Å². The fourth-order valence-electron chi connectivity index (χ4n) is 2.71. The first-order valence-electron chi connectivity index (χ1n) is 10.2. The van der Waals surface area contributed by atoms with E-state index in [-0.39, 0.29) is 12.4 Å². The third kappa shape index (κ3) is 7.86. The molecule has 0 N–H and O–H groups in total. The van der Waals surface area contributed by atoms with Crippen molar-refractivity contribution in [3.63, 3.8) is 0 Å². The Kier molecular flexibility index (Phi) is 12.1. The predicted octanol–water partition coefficient (Wildman–Crippen LogP) is 7.00. The van der Waals surface area contributed by atoms with E-state index in [1.165, 1.54) is 27.6 Å². The van der Waals surface area contributed by atoms with E-state index in [0.717, 1.165) is 0 Å². The number of rotatable bonds is 6. The van der Waals surface area contributed by atoms with Gasteiger partial charge in [-0.3, -0.25) is 0 Å². The second kappa shape index (κ2) is 14.6. The van der Waals surface area contributed by atoms with Gasteiger partial charge < -0.3 is 0 Å². The molecular weight excluding hydrogens is 480 g/mol. The van der Waals surface area contributed by atoms with Crippen molar-refractivity contribution < 1.29 is 13.6 Å². The summed E-state index contributed by atoms with van der Waals surface area (Å²) in [6.45, 7) is 3.31. The molecule has 0 atom stereocenters. The van der Waals surface area contributed by atoms with E-state index in [1.807, 2.05) is 13.6 Å². The summed E-state index contributed by atoms with van der Waals surface area (Å²) in [5, 5.41) is 5.72. The quantitative estimate of drug-likeness (QED) is 0.194. The topological polar surface area (TPSA) is 0 Å². The number of hydrogen-bond acceptors (Lipinski definition) is 0. The van der Waals surface area contributed by atoms with Crippen LogP contribution in [0, 0.1) is 0 Å². The molecule has 4 aromatic rings. The van der Waals surface area contributed by atoms with Crippen LogP contribution in [0.2, 0.25) is 0 Å². The first kappa shape index (κ1) is 25.8. The Morgan fingerprint density at radius 1 is 0.452 bits per heavy atom. The van der Waals surface area contributed by atoms with Crippen LogP contribution >= 0.6 is 25.8 Å². The molecule has 0 nitrogen and oxygen atoms in total. The number of halogens is 1. The molecule has 0 radical (unpaired) electrons. The Balaban J connectivity index is 0.000000808. The fourth-order valence-corrected chi connectivity index (χ4v) is 14.3. The van der Waals surface area contributed by atoms with Crippen molar-refractivity contribution in [3.8, 4) is 0 Å². The Bertz CT molecular complexity index is 807. The molecule has 0 aliphatic rings. The van der Waals surface area contributed by atoms with Gasteiger partial charge in [0, 0.05) is 0 Å². The van der Waals surface area contributed by atoms with Crippen molar-refractivity contribution in [1.29, 1.82) is 0 Å². The minimum atomic E-state index is -0.471. The van der Waals surface area contributed by atoms with Crippen molar-refractivity contribution in [1.82, 2.24) is 0 Å². The van der Waals surface area contributed by atoms with Crippen LogP contribution in [0.3, 0.4) is 0 Å². The van der Waals surface area contributed by atoms with E-state index in [2.05, 4.69) is 135 Å². The zero-order chi connectivity index (χ0) is 21.0. The van der Waals surface area contributed by atoms with Crippen LogP contribution in [0.5, 0.6) is 0 Å². The van der Waals surface area contributed by atoms with Gasteiger partial charge in [0.15, 0.2) is 0 Å². The summed E-state index contributed by atoms with van der Waals surface area (Å²) >= 11 is 1.89. The molecule has 0 aromatic heterocycles. The second-order valence-corrected chi connectivity index (χ2v) is 14.6. The Morgan fingerprint density at radius 2 is 0.645 bits per heavy atom. The van der Waals surface area contributed by atoms with E-state index in [4.69, 9.17) is 0 Å². The van der Waals surface area contributed by atoms with Crippen molar-refractivity contribution in [2.45, 2.75) is 20.3 Å². The molecule has 0 heterocycles. The first-order valence-corrected chi connectivity index (χ1v) is 15.2. The molecule has 0 unspecified atom stereocenters. The van der Waals surface area contributed by atoms with Gasteiger partial charge in [-0.1, -0.05) is 20.3 Å².